The fourth-order valence-electron chi connectivity index (χ4n) is 1.51. The van der Waals surface area contributed by atoms with E-state index in [1.807, 2.05) is 0 Å². The van der Waals surface area contributed by atoms with Crippen LogP contribution in [0.5, 0.6) is 0 Å². The van der Waals surface area contributed by atoms with Crippen LogP contribution in [0.4, 0.5) is 29.1 Å². The van der Waals surface area contributed by atoms with E-state index in [1.54, 1.807) is 0 Å². The summed E-state index contributed by atoms with van der Waals surface area (Å²) in [6.45, 7) is 0. The van der Waals surface area contributed by atoms with Crippen LogP contribution in [-0.2, 0) is 0 Å². The highest BCUT2D eigenvalue weighted by Crippen LogP contribution is 2.27. The molecule has 3 nitrogen and oxygen atoms in total. The Morgan fingerprint density at radius 3 is 2.30 bits per heavy atom. The number of anilines is 2. The molecule has 0 atom stereocenters. The Balaban J connectivity index is 2.54. The first-order valence-electron chi connectivity index (χ1n) is 5.26. The number of benzene rings is 1. The molecule has 0 radical (unpaired) electrons. The average Bonchev–Trinajstić information content (AvgIpc) is 2.41. The molecule has 1 aromatic carbocycles. The third-order valence-electron chi connectivity index (χ3n) is 2.43. The molecular formula is C12H7F4N3S. The quantitative estimate of drug-likeness (QED) is 0.520. The van der Waals surface area contributed by atoms with Crippen LogP contribution >= 0.6 is 12.2 Å². The Morgan fingerprint density at radius 1 is 1.15 bits per heavy atom. The van der Waals surface area contributed by atoms with Gasteiger partial charge >= 0.3 is 0 Å². The summed E-state index contributed by atoms with van der Waals surface area (Å²) in [6.07, 6.45) is 1.30. The van der Waals surface area contributed by atoms with E-state index in [4.69, 9.17) is 18.0 Å². The lowest BCUT2D eigenvalue weighted by Gasteiger charge is -2.12. The van der Waals surface area contributed by atoms with Crippen LogP contribution in [0.1, 0.15) is 5.56 Å². The Morgan fingerprint density at radius 2 is 1.75 bits per heavy atom. The number of nitrogens with zero attached hydrogens (tertiary/aromatic N) is 1. The molecule has 104 valence electrons. The van der Waals surface area contributed by atoms with Gasteiger partial charge in [0.2, 0.25) is 0 Å². The number of halogens is 4. The predicted octanol–water partition coefficient (Wildman–Crippen LogP) is 3.02. The molecule has 0 aliphatic carbocycles. The second-order valence-electron chi connectivity index (χ2n) is 3.73. The molecule has 0 saturated heterocycles. The van der Waals surface area contributed by atoms with Crippen LogP contribution in [-0.4, -0.2) is 9.97 Å². The zero-order chi connectivity index (χ0) is 14.9. The number of pyridine rings is 1. The van der Waals surface area contributed by atoms with E-state index in [1.165, 1.54) is 18.3 Å². The Kier molecular flexibility index (Phi) is 3.84. The van der Waals surface area contributed by atoms with Crippen molar-refractivity contribution in [2.75, 3.05) is 5.32 Å². The Labute approximate surface area is 116 Å². The van der Waals surface area contributed by atoms with Crippen molar-refractivity contribution in [1.29, 1.82) is 0 Å². The molecule has 1 heterocycles. The van der Waals surface area contributed by atoms with Crippen molar-refractivity contribution in [3.05, 3.63) is 53.2 Å². The minimum absolute atomic E-state index is 0.0849. The fourth-order valence-corrected chi connectivity index (χ4v) is 1.67. The van der Waals surface area contributed by atoms with Gasteiger partial charge in [-0.3, -0.25) is 0 Å². The molecule has 1 aromatic heterocycles. The van der Waals surface area contributed by atoms with Gasteiger partial charge in [0.05, 0.1) is 5.56 Å². The predicted molar refractivity (Wildman–Crippen MR) is 69.7 cm³/mol. The van der Waals surface area contributed by atoms with Gasteiger partial charge in [0.25, 0.3) is 0 Å². The topological polar surface area (TPSA) is 50.9 Å². The third kappa shape index (κ3) is 2.55. The first kappa shape index (κ1) is 14.2. The Hall–Kier alpha value is -2.22. The van der Waals surface area contributed by atoms with Gasteiger partial charge in [-0.05, 0) is 12.1 Å². The lowest BCUT2D eigenvalue weighted by molar-refractivity contribution is 0.459. The summed E-state index contributed by atoms with van der Waals surface area (Å²) in [6, 6.07) is 3.06. The summed E-state index contributed by atoms with van der Waals surface area (Å²) in [5, 5.41) is 2.16. The monoisotopic (exact) mass is 301 g/mol. The van der Waals surface area contributed by atoms with E-state index < -0.39 is 29.0 Å². The second-order valence-corrected chi connectivity index (χ2v) is 4.17. The third-order valence-corrected chi connectivity index (χ3v) is 2.65. The molecule has 0 unspecified atom stereocenters. The van der Waals surface area contributed by atoms with Crippen LogP contribution in [0.15, 0.2) is 24.4 Å². The Bertz CT molecular complexity index is 664. The minimum Gasteiger partial charge on any atom is -0.389 e. The highest BCUT2D eigenvalue weighted by molar-refractivity contribution is 7.80. The van der Waals surface area contributed by atoms with Gasteiger partial charge in [-0.1, -0.05) is 12.2 Å². The van der Waals surface area contributed by atoms with Gasteiger partial charge in [0.1, 0.15) is 16.5 Å². The second kappa shape index (κ2) is 5.41. The van der Waals surface area contributed by atoms with Crippen molar-refractivity contribution >= 4 is 28.7 Å². The van der Waals surface area contributed by atoms with Gasteiger partial charge in [0, 0.05) is 12.3 Å². The van der Waals surface area contributed by atoms with Crippen molar-refractivity contribution in [3.8, 4) is 0 Å². The summed E-state index contributed by atoms with van der Waals surface area (Å²) in [4.78, 5) is 3.70. The molecule has 3 N–H and O–H groups in total. The van der Waals surface area contributed by atoms with Crippen LogP contribution in [0, 0.1) is 23.3 Å². The van der Waals surface area contributed by atoms with E-state index in [9.17, 15) is 17.6 Å². The maximum absolute atomic E-state index is 13.5. The van der Waals surface area contributed by atoms with E-state index in [0.717, 1.165) is 0 Å². The molecule has 0 spiro atoms. The molecular weight excluding hydrogens is 294 g/mol. The summed E-state index contributed by atoms with van der Waals surface area (Å²) in [7, 11) is 0. The molecule has 2 aromatic rings. The SMILES string of the molecule is NC(=S)c1cccnc1Nc1c(F)c(F)cc(F)c1F. The van der Waals surface area contributed by atoms with E-state index in [-0.39, 0.29) is 22.4 Å². The zero-order valence-electron chi connectivity index (χ0n) is 9.75. The van der Waals surface area contributed by atoms with Gasteiger partial charge in [0.15, 0.2) is 23.3 Å². The number of thiocarbonyl (C=S) groups is 1. The standard InChI is InChI=1S/C12H7F4N3S/c13-6-4-7(14)9(16)10(8(6)15)19-12-5(11(17)20)2-1-3-18-12/h1-4H,(H2,17,20)(H,18,19). The lowest BCUT2D eigenvalue weighted by atomic mass is 10.2. The number of nitrogens with two attached hydrogens (primary N) is 1. The molecule has 20 heavy (non-hydrogen) atoms. The van der Waals surface area contributed by atoms with Crippen molar-refractivity contribution in [1.82, 2.24) is 4.98 Å². The van der Waals surface area contributed by atoms with Crippen molar-refractivity contribution in [3.63, 3.8) is 0 Å². The highest BCUT2D eigenvalue weighted by Gasteiger charge is 2.20. The van der Waals surface area contributed by atoms with Gasteiger partial charge in [-0.2, -0.15) is 0 Å². The highest BCUT2D eigenvalue weighted by atomic mass is 32.1. The normalized spacial score (nSPS) is 10.4. The largest absolute Gasteiger partial charge is 0.389 e. The van der Waals surface area contributed by atoms with Crippen molar-refractivity contribution in [2.45, 2.75) is 0 Å². The number of hydrogen-bond acceptors (Lipinski definition) is 3. The molecule has 0 amide bonds. The van der Waals surface area contributed by atoms with Crippen LogP contribution in [0.2, 0.25) is 0 Å². The smallest absolute Gasteiger partial charge is 0.185 e. The van der Waals surface area contributed by atoms with E-state index >= 15 is 0 Å². The maximum Gasteiger partial charge on any atom is 0.185 e. The van der Waals surface area contributed by atoms with Crippen LogP contribution in [0.3, 0.4) is 0 Å². The van der Waals surface area contributed by atoms with Crippen LogP contribution in [0.25, 0.3) is 0 Å². The average molecular weight is 301 g/mol. The molecule has 0 saturated carbocycles. The minimum atomic E-state index is -1.57. The summed E-state index contributed by atoms with van der Waals surface area (Å²) >= 11 is 4.75. The summed E-state index contributed by atoms with van der Waals surface area (Å²) < 4.78 is 53.2. The molecule has 2 rings (SSSR count). The van der Waals surface area contributed by atoms with Crippen molar-refractivity contribution in [2.24, 2.45) is 5.73 Å². The fraction of sp³-hybridized carbons (Fsp3) is 0. The van der Waals surface area contributed by atoms with Crippen molar-refractivity contribution < 1.29 is 17.6 Å². The summed E-state index contributed by atoms with van der Waals surface area (Å²) in [5.74, 6) is -6.30. The number of aromatic nitrogens is 1. The van der Waals surface area contributed by atoms with E-state index in [0.29, 0.717) is 0 Å². The lowest BCUT2D eigenvalue weighted by Crippen LogP contribution is -2.14. The molecule has 0 fully saturated rings. The molecule has 0 aliphatic heterocycles. The molecule has 8 heteroatoms. The van der Waals surface area contributed by atoms with Gasteiger partial charge in [-0.15, -0.1) is 0 Å². The molecule has 0 aliphatic rings. The molecule has 0 bridgehead atoms. The zero-order valence-corrected chi connectivity index (χ0v) is 10.6. The van der Waals surface area contributed by atoms with E-state index in [2.05, 4.69) is 10.3 Å². The first-order chi connectivity index (χ1) is 9.41. The number of nitrogens with one attached hydrogen (secondary N) is 1. The first-order valence-corrected chi connectivity index (χ1v) is 5.67. The number of rotatable bonds is 3. The van der Waals surface area contributed by atoms with Crippen LogP contribution < -0.4 is 11.1 Å². The van der Waals surface area contributed by atoms with Gasteiger partial charge < -0.3 is 11.1 Å². The summed E-state index contributed by atoms with van der Waals surface area (Å²) in [5.41, 5.74) is 4.60. The van der Waals surface area contributed by atoms with Gasteiger partial charge in [-0.25, -0.2) is 22.5 Å². The maximum atomic E-state index is 13.5. The number of hydrogen-bond donors (Lipinski definition) is 2.